The average molecular weight is 187 g/mol. The minimum absolute atomic E-state index is 1.01. The molecule has 0 saturated heterocycles. The van der Waals surface area contributed by atoms with Gasteiger partial charge in [0.1, 0.15) is 0 Å². The quantitative estimate of drug-likeness (QED) is 0.749. The molecule has 1 saturated carbocycles. The molecule has 0 spiro atoms. The molecule has 1 aliphatic heterocycles. The topological polar surface area (TPSA) is 12.0 Å². The maximum absolute atomic E-state index is 3.44. The van der Waals surface area contributed by atoms with E-state index in [2.05, 4.69) is 23.5 Å². The molecule has 1 heterocycles. The fraction of sp³-hybridized carbons (Fsp3) is 0.538. The fourth-order valence-electron chi connectivity index (χ4n) is 2.44. The van der Waals surface area contributed by atoms with Gasteiger partial charge >= 0.3 is 0 Å². The van der Waals surface area contributed by atoms with Crippen molar-refractivity contribution < 1.29 is 0 Å². The number of benzene rings is 1. The monoisotopic (exact) mass is 187 g/mol. The van der Waals surface area contributed by atoms with Gasteiger partial charge in [-0.15, -0.1) is 0 Å². The summed E-state index contributed by atoms with van der Waals surface area (Å²) in [6.07, 6.45) is 5.49. The third-order valence-electron chi connectivity index (χ3n) is 3.44. The number of rotatable bonds is 2. The lowest BCUT2D eigenvalue weighted by Crippen LogP contribution is -2.24. The Labute approximate surface area is 85.5 Å². The van der Waals surface area contributed by atoms with E-state index in [9.17, 15) is 0 Å². The van der Waals surface area contributed by atoms with Crippen LogP contribution >= 0.6 is 0 Å². The maximum atomic E-state index is 3.44. The second-order valence-electron chi connectivity index (χ2n) is 4.63. The van der Waals surface area contributed by atoms with Crippen molar-refractivity contribution in [2.45, 2.75) is 32.2 Å². The van der Waals surface area contributed by atoms with Gasteiger partial charge in [0.05, 0.1) is 0 Å². The van der Waals surface area contributed by atoms with E-state index < -0.39 is 0 Å². The predicted octanol–water partition coefficient (Wildman–Crippen LogP) is 2.28. The van der Waals surface area contributed by atoms with E-state index in [1.54, 1.807) is 11.1 Å². The number of nitrogens with one attached hydrogen (secondary N) is 1. The van der Waals surface area contributed by atoms with Crippen molar-refractivity contribution in [1.82, 2.24) is 5.32 Å². The zero-order valence-corrected chi connectivity index (χ0v) is 8.55. The van der Waals surface area contributed by atoms with E-state index >= 15 is 0 Å². The van der Waals surface area contributed by atoms with Crippen LogP contribution in [0, 0.1) is 5.92 Å². The average Bonchev–Trinajstić information content (AvgIpc) is 3.03. The van der Waals surface area contributed by atoms with Gasteiger partial charge in [-0.05, 0) is 54.8 Å². The SMILES string of the molecule is c1cc2c(c(CC3CC3)c1)CCNC2. The summed E-state index contributed by atoms with van der Waals surface area (Å²) in [7, 11) is 0. The van der Waals surface area contributed by atoms with Crippen molar-refractivity contribution >= 4 is 0 Å². The van der Waals surface area contributed by atoms with Crippen LogP contribution in [0.2, 0.25) is 0 Å². The van der Waals surface area contributed by atoms with Crippen LogP contribution in [0.5, 0.6) is 0 Å². The zero-order chi connectivity index (χ0) is 9.38. The van der Waals surface area contributed by atoms with Gasteiger partial charge in [0, 0.05) is 6.54 Å². The second kappa shape index (κ2) is 3.39. The molecule has 1 heteroatoms. The van der Waals surface area contributed by atoms with Crippen LogP contribution in [-0.2, 0) is 19.4 Å². The molecule has 0 aromatic heterocycles. The third kappa shape index (κ3) is 1.57. The predicted molar refractivity (Wildman–Crippen MR) is 58.3 cm³/mol. The number of hydrogen-bond acceptors (Lipinski definition) is 1. The Kier molecular flexibility index (Phi) is 2.06. The van der Waals surface area contributed by atoms with Gasteiger partial charge < -0.3 is 5.32 Å². The van der Waals surface area contributed by atoms with Crippen LogP contribution in [0.25, 0.3) is 0 Å². The normalized spacial score (nSPS) is 20.6. The minimum Gasteiger partial charge on any atom is -0.312 e. The van der Waals surface area contributed by atoms with Gasteiger partial charge in [-0.25, -0.2) is 0 Å². The Bertz CT molecular complexity index is 339. The molecule has 3 rings (SSSR count). The first-order chi connectivity index (χ1) is 6.93. The molecule has 1 N–H and O–H groups in total. The summed E-state index contributed by atoms with van der Waals surface area (Å²) in [6.45, 7) is 2.24. The molecule has 0 radical (unpaired) electrons. The van der Waals surface area contributed by atoms with Gasteiger partial charge in [0.25, 0.3) is 0 Å². The van der Waals surface area contributed by atoms with Gasteiger partial charge in [-0.1, -0.05) is 18.2 Å². The van der Waals surface area contributed by atoms with Crippen LogP contribution in [0.3, 0.4) is 0 Å². The molecule has 2 aliphatic rings. The Morgan fingerprint density at radius 2 is 2.21 bits per heavy atom. The van der Waals surface area contributed by atoms with Gasteiger partial charge in [-0.3, -0.25) is 0 Å². The molecule has 1 aromatic rings. The summed E-state index contributed by atoms with van der Waals surface area (Å²) in [5.41, 5.74) is 4.82. The highest BCUT2D eigenvalue weighted by atomic mass is 14.9. The molecule has 1 aliphatic carbocycles. The Morgan fingerprint density at radius 3 is 3.07 bits per heavy atom. The lowest BCUT2D eigenvalue weighted by Gasteiger charge is -2.20. The summed E-state index contributed by atoms with van der Waals surface area (Å²) in [4.78, 5) is 0. The lowest BCUT2D eigenvalue weighted by atomic mass is 9.93. The van der Waals surface area contributed by atoms with Crippen LogP contribution in [-0.4, -0.2) is 6.54 Å². The molecule has 0 bridgehead atoms. The van der Waals surface area contributed by atoms with Crippen LogP contribution in [0.1, 0.15) is 29.5 Å². The van der Waals surface area contributed by atoms with E-state index in [-0.39, 0.29) is 0 Å². The summed E-state index contributed by atoms with van der Waals surface area (Å²) in [5, 5.41) is 3.44. The van der Waals surface area contributed by atoms with Crippen LogP contribution in [0.4, 0.5) is 0 Å². The first-order valence-electron chi connectivity index (χ1n) is 5.74. The summed E-state index contributed by atoms with van der Waals surface area (Å²) in [6, 6.07) is 6.84. The number of hydrogen-bond donors (Lipinski definition) is 1. The van der Waals surface area contributed by atoms with Gasteiger partial charge in [0.2, 0.25) is 0 Å². The maximum Gasteiger partial charge on any atom is 0.0208 e. The molecule has 1 aromatic carbocycles. The highest BCUT2D eigenvalue weighted by Crippen LogP contribution is 2.34. The minimum atomic E-state index is 1.01. The molecule has 1 nitrogen and oxygen atoms in total. The van der Waals surface area contributed by atoms with Crippen molar-refractivity contribution in [2.24, 2.45) is 5.92 Å². The van der Waals surface area contributed by atoms with Crippen molar-refractivity contribution in [3.05, 3.63) is 34.9 Å². The Hall–Kier alpha value is -0.820. The molecule has 14 heavy (non-hydrogen) atoms. The first kappa shape index (κ1) is 8.49. The summed E-state index contributed by atoms with van der Waals surface area (Å²) < 4.78 is 0. The highest BCUT2D eigenvalue weighted by Gasteiger charge is 2.23. The number of fused-ring (bicyclic) bond motifs is 1. The molecule has 1 fully saturated rings. The zero-order valence-electron chi connectivity index (χ0n) is 8.55. The molecular formula is C13H17N. The second-order valence-corrected chi connectivity index (χ2v) is 4.63. The van der Waals surface area contributed by atoms with Crippen molar-refractivity contribution in [1.29, 1.82) is 0 Å². The fourth-order valence-corrected chi connectivity index (χ4v) is 2.44. The Balaban J connectivity index is 1.92. The van der Waals surface area contributed by atoms with E-state index in [1.165, 1.54) is 31.2 Å². The molecule has 0 amide bonds. The smallest absolute Gasteiger partial charge is 0.0208 e. The Morgan fingerprint density at radius 1 is 1.29 bits per heavy atom. The van der Waals surface area contributed by atoms with E-state index in [0.29, 0.717) is 0 Å². The molecule has 0 unspecified atom stereocenters. The van der Waals surface area contributed by atoms with E-state index in [1.807, 2.05) is 0 Å². The van der Waals surface area contributed by atoms with Crippen molar-refractivity contribution in [2.75, 3.05) is 6.54 Å². The lowest BCUT2D eigenvalue weighted by molar-refractivity contribution is 0.635. The van der Waals surface area contributed by atoms with Crippen molar-refractivity contribution in [3.8, 4) is 0 Å². The molecular weight excluding hydrogens is 170 g/mol. The van der Waals surface area contributed by atoms with E-state index in [4.69, 9.17) is 0 Å². The highest BCUT2D eigenvalue weighted by molar-refractivity contribution is 5.37. The van der Waals surface area contributed by atoms with Crippen LogP contribution in [0.15, 0.2) is 18.2 Å². The largest absolute Gasteiger partial charge is 0.312 e. The summed E-state index contributed by atoms with van der Waals surface area (Å²) >= 11 is 0. The van der Waals surface area contributed by atoms with Crippen LogP contribution < -0.4 is 5.32 Å². The van der Waals surface area contributed by atoms with Gasteiger partial charge in [0.15, 0.2) is 0 Å². The standard InChI is InChI=1S/C13H17N/c1-2-11(8-10-4-5-10)13-6-7-14-9-12(13)3-1/h1-3,10,14H,4-9H2. The van der Waals surface area contributed by atoms with E-state index in [0.717, 1.165) is 19.0 Å². The molecule has 0 atom stereocenters. The van der Waals surface area contributed by atoms with Crippen molar-refractivity contribution in [3.63, 3.8) is 0 Å². The molecule has 74 valence electrons. The third-order valence-corrected chi connectivity index (χ3v) is 3.44. The first-order valence-corrected chi connectivity index (χ1v) is 5.74. The summed E-state index contributed by atoms with van der Waals surface area (Å²) in [5.74, 6) is 1.01. The van der Waals surface area contributed by atoms with Gasteiger partial charge in [-0.2, -0.15) is 0 Å².